The molecule has 5 nitrogen and oxygen atoms in total. The number of amides is 1. The largest absolute Gasteiger partial charge is 0.416 e. The molecule has 2 aromatic rings. The van der Waals surface area contributed by atoms with Crippen LogP contribution in [0.15, 0.2) is 24.3 Å². The molecule has 2 N–H and O–H groups in total. The Morgan fingerprint density at radius 3 is 2.59 bits per heavy atom. The van der Waals surface area contributed by atoms with E-state index in [1.54, 1.807) is 12.1 Å². The first-order valence-electron chi connectivity index (χ1n) is 10.1. The van der Waals surface area contributed by atoms with Gasteiger partial charge in [0.25, 0.3) is 5.91 Å². The van der Waals surface area contributed by atoms with Crippen LogP contribution in [-0.4, -0.2) is 40.6 Å². The summed E-state index contributed by atoms with van der Waals surface area (Å²) in [5.74, 6) is 0.360. The molecule has 0 spiro atoms. The summed E-state index contributed by atoms with van der Waals surface area (Å²) in [6.07, 6.45) is -2.15. The molecule has 2 atom stereocenters. The smallest absolute Gasteiger partial charge is 0.337 e. The fraction of sp³-hybridized carbons (Fsp3) is 0.524. The van der Waals surface area contributed by atoms with E-state index in [9.17, 15) is 18.0 Å². The van der Waals surface area contributed by atoms with Crippen LogP contribution in [0.4, 0.5) is 13.2 Å². The Hall–Kier alpha value is -2.35. The number of hydrogen-bond acceptors (Lipinski definition) is 3. The number of alkyl halides is 3. The van der Waals surface area contributed by atoms with Gasteiger partial charge in [0.2, 0.25) is 0 Å². The maximum absolute atomic E-state index is 13.4. The average Bonchev–Trinajstić information content (AvgIpc) is 3.39. The van der Waals surface area contributed by atoms with Gasteiger partial charge in [-0.25, -0.2) is 0 Å². The first kappa shape index (κ1) is 18.7. The molecule has 0 radical (unpaired) electrons. The van der Waals surface area contributed by atoms with E-state index in [1.165, 1.54) is 12.1 Å². The van der Waals surface area contributed by atoms with Crippen molar-refractivity contribution in [2.24, 2.45) is 11.8 Å². The van der Waals surface area contributed by atoms with Gasteiger partial charge in [0.1, 0.15) is 0 Å². The van der Waals surface area contributed by atoms with E-state index in [2.05, 4.69) is 15.5 Å². The first-order chi connectivity index (χ1) is 13.9. The number of hydrogen-bond donors (Lipinski definition) is 2. The van der Waals surface area contributed by atoms with Crippen LogP contribution in [0.1, 0.15) is 51.6 Å². The predicted octanol–water partition coefficient (Wildman–Crippen LogP) is 3.34. The van der Waals surface area contributed by atoms with Gasteiger partial charge >= 0.3 is 6.18 Å². The Kier molecular flexibility index (Phi) is 4.42. The van der Waals surface area contributed by atoms with E-state index in [4.69, 9.17) is 0 Å². The van der Waals surface area contributed by atoms with E-state index in [-0.39, 0.29) is 23.7 Å². The molecule has 1 aromatic carbocycles. The third-order valence-corrected chi connectivity index (χ3v) is 6.75. The van der Waals surface area contributed by atoms with Crippen LogP contribution in [0.3, 0.4) is 0 Å². The van der Waals surface area contributed by atoms with Crippen molar-refractivity contribution in [3.63, 3.8) is 0 Å². The monoisotopic (exact) mass is 404 g/mol. The van der Waals surface area contributed by atoms with E-state index in [0.717, 1.165) is 24.2 Å². The number of rotatable bonds is 2. The summed E-state index contributed by atoms with van der Waals surface area (Å²) in [7, 11) is 0. The summed E-state index contributed by atoms with van der Waals surface area (Å²) < 4.78 is 40.2. The van der Waals surface area contributed by atoms with Gasteiger partial charge in [0, 0.05) is 25.2 Å². The molecule has 8 heteroatoms. The molecule has 5 rings (SSSR count). The van der Waals surface area contributed by atoms with Crippen molar-refractivity contribution in [3.8, 4) is 0 Å². The van der Waals surface area contributed by atoms with Gasteiger partial charge in [-0.1, -0.05) is 18.2 Å². The summed E-state index contributed by atoms with van der Waals surface area (Å²) in [4.78, 5) is 14.9. The fourth-order valence-corrected chi connectivity index (χ4v) is 5.40. The molecule has 154 valence electrons. The summed E-state index contributed by atoms with van der Waals surface area (Å²) in [6.45, 7) is 2.74. The molecule has 2 fully saturated rings. The maximum atomic E-state index is 13.4. The van der Waals surface area contributed by atoms with E-state index in [1.807, 2.05) is 4.90 Å². The van der Waals surface area contributed by atoms with Crippen LogP contribution in [0.5, 0.6) is 0 Å². The number of aromatic nitrogens is 2. The highest BCUT2D eigenvalue weighted by Gasteiger charge is 2.45. The normalized spacial score (nSPS) is 26.4. The number of aromatic amines is 1. The van der Waals surface area contributed by atoms with Gasteiger partial charge in [0.15, 0.2) is 5.69 Å². The third kappa shape index (κ3) is 3.23. The van der Waals surface area contributed by atoms with Gasteiger partial charge < -0.3 is 10.2 Å². The van der Waals surface area contributed by atoms with Crippen molar-refractivity contribution in [2.45, 2.75) is 37.9 Å². The van der Waals surface area contributed by atoms with Crippen LogP contribution < -0.4 is 5.32 Å². The lowest BCUT2D eigenvalue weighted by atomic mass is 9.91. The van der Waals surface area contributed by atoms with Crippen LogP contribution in [0, 0.1) is 11.8 Å². The second-order valence-corrected chi connectivity index (χ2v) is 8.44. The highest BCUT2D eigenvalue weighted by Crippen LogP contribution is 2.49. The molecule has 1 saturated heterocycles. The number of carbonyl (C=O) groups excluding carboxylic acids is 1. The molecule has 1 aromatic heterocycles. The zero-order valence-corrected chi connectivity index (χ0v) is 15.9. The van der Waals surface area contributed by atoms with E-state index < -0.39 is 11.7 Å². The van der Waals surface area contributed by atoms with Gasteiger partial charge in [-0.3, -0.25) is 9.89 Å². The number of benzene rings is 1. The average molecular weight is 404 g/mol. The highest BCUT2D eigenvalue weighted by molar-refractivity contribution is 5.94. The minimum atomic E-state index is -4.33. The molecule has 1 aliphatic carbocycles. The Labute approximate surface area is 166 Å². The summed E-state index contributed by atoms with van der Waals surface area (Å²) in [5.41, 5.74) is 2.38. The third-order valence-electron chi connectivity index (χ3n) is 6.75. The molecule has 1 amide bonds. The topological polar surface area (TPSA) is 61.0 Å². The van der Waals surface area contributed by atoms with E-state index >= 15 is 0 Å². The number of fused-ring (bicyclic) bond motifs is 2. The van der Waals surface area contributed by atoms with Crippen LogP contribution >= 0.6 is 0 Å². The number of likely N-dealkylation sites (tertiary alicyclic amines) is 1. The molecule has 2 unspecified atom stereocenters. The molecular weight excluding hydrogens is 381 g/mol. The first-order valence-corrected chi connectivity index (χ1v) is 10.1. The Morgan fingerprint density at radius 2 is 1.86 bits per heavy atom. The van der Waals surface area contributed by atoms with Crippen LogP contribution in [-0.2, 0) is 19.1 Å². The van der Waals surface area contributed by atoms with Gasteiger partial charge in [-0.05, 0) is 55.2 Å². The Bertz CT molecular complexity index is 924. The number of nitrogens with zero attached hydrogens (tertiary/aromatic N) is 2. The van der Waals surface area contributed by atoms with Gasteiger partial charge in [0.05, 0.1) is 11.3 Å². The number of carbonyl (C=O) groups is 1. The number of halogens is 3. The van der Waals surface area contributed by atoms with Crippen molar-refractivity contribution in [2.75, 3.05) is 19.6 Å². The minimum absolute atomic E-state index is 0.0500. The maximum Gasteiger partial charge on any atom is 0.416 e. The second-order valence-electron chi connectivity index (χ2n) is 8.44. The zero-order chi connectivity index (χ0) is 20.2. The van der Waals surface area contributed by atoms with Gasteiger partial charge in [-0.2, -0.15) is 18.3 Å². The quantitative estimate of drug-likeness (QED) is 0.807. The van der Waals surface area contributed by atoms with Crippen molar-refractivity contribution < 1.29 is 18.0 Å². The molecule has 29 heavy (non-hydrogen) atoms. The standard InChI is InChI=1S/C21H23F3N4O/c22-21(23,24)17-4-2-1-3-15(17)12-7-13-10-28(11-14(13)8-12)20(29)19-16-5-6-25-9-18(16)26-27-19/h1-4,12-14,25H,5-11H2,(H,26,27). The van der Waals surface area contributed by atoms with Crippen molar-refractivity contribution in [1.82, 2.24) is 20.4 Å². The summed E-state index contributed by atoms with van der Waals surface area (Å²) in [6, 6.07) is 5.92. The Morgan fingerprint density at radius 1 is 1.14 bits per heavy atom. The summed E-state index contributed by atoms with van der Waals surface area (Å²) >= 11 is 0. The lowest BCUT2D eigenvalue weighted by Crippen LogP contribution is -2.32. The number of nitrogens with one attached hydrogen (secondary N) is 2. The fourth-order valence-electron chi connectivity index (χ4n) is 5.40. The summed E-state index contributed by atoms with van der Waals surface area (Å²) in [5, 5.41) is 10.5. The molecule has 2 aliphatic heterocycles. The van der Waals surface area contributed by atoms with Crippen molar-refractivity contribution in [1.29, 1.82) is 0 Å². The minimum Gasteiger partial charge on any atom is -0.337 e. The van der Waals surface area contributed by atoms with Gasteiger partial charge in [-0.15, -0.1) is 0 Å². The molecule has 3 aliphatic rings. The lowest BCUT2D eigenvalue weighted by Gasteiger charge is -2.21. The molecule has 0 bridgehead atoms. The lowest BCUT2D eigenvalue weighted by molar-refractivity contribution is -0.138. The van der Waals surface area contributed by atoms with Crippen molar-refractivity contribution in [3.05, 3.63) is 52.3 Å². The number of H-pyrrole nitrogens is 1. The molecule has 1 saturated carbocycles. The van der Waals surface area contributed by atoms with Crippen LogP contribution in [0.25, 0.3) is 0 Å². The van der Waals surface area contributed by atoms with Crippen molar-refractivity contribution >= 4 is 5.91 Å². The molecule has 3 heterocycles. The predicted molar refractivity (Wildman–Crippen MR) is 100 cm³/mol. The second kappa shape index (κ2) is 6.86. The highest BCUT2D eigenvalue weighted by atomic mass is 19.4. The zero-order valence-electron chi connectivity index (χ0n) is 15.9. The molecular formula is C21H23F3N4O. The SMILES string of the molecule is O=C(c1n[nH]c2c1CCNC2)N1CC2CC(c3ccccc3C(F)(F)F)CC2C1. The van der Waals surface area contributed by atoms with E-state index in [0.29, 0.717) is 43.7 Å². The Balaban J connectivity index is 1.30. The van der Waals surface area contributed by atoms with Crippen LogP contribution in [0.2, 0.25) is 0 Å².